The van der Waals surface area contributed by atoms with E-state index < -0.39 is 0 Å². The molecule has 23 heavy (non-hydrogen) atoms. The molecule has 1 N–H and O–H groups in total. The van der Waals surface area contributed by atoms with Gasteiger partial charge in [-0.25, -0.2) is 4.79 Å². The highest BCUT2D eigenvalue weighted by molar-refractivity contribution is 8.01. The topological polar surface area (TPSA) is 81.2 Å². The number of nitrogens with one attached hydrogen (secondary N) is 1. The molecule has 2 rings (SSSR count). The predicted molar refractivity (Wildman–Crippen MR) is 90.9 cm³/mol. The molecule has 0 aliphatic rings. The second-order valence-electron chi connectivity index (χ2n) is 4.61. The third-order valence-corrected chi connectivity index (χ3v) is 4.66. The van der Waals surface area contributed by atoms with Crippen LogP contribution in [-0.2, 0) is 9.53 Å². The van der Waals surface area contributed by atoms with E-state index in [0.29, 0.717) is 17.9 Å². The van der Waals surface area contributed by atoms with Crippen LogP contribution in [0.1, 0.15) is 30.1 Å². The van der Waals surface area contributed by atoms with E-state index in [1.807, 2.05) is 6.92 Å². The number of hydrogen-bond donors (Lipinski definition) is 1. The van der Waals surface area contributed by atoms with Crippen molar-refractivity contribution in [2.24, 2.45) is 0 Å². The number of thioether (sulfide) groups is 1. The molecule has 0 radical (unpaired) electrons. The van der Waals surface area contributed by atoms with Gasteiger partial charge in [0.25, 0.3) is 0 Å². The van der Waals surface area contributed by atoms with Gasteiger partial charge in [0, 0.05) is 5.69 Å². The molecule has 0 fully saturated rings. The number of rotatable bonds is 8. The fourth-order valence-corrected chi connectivity index (χ4v) is 2.92. The highest BCUT2D eigenvalue weighted by Crippen LogP contribution is 2.19. The summed E-state index contributed by atoms with van der Waals surface area (Å²) < 4.78 is 5.88. The Bertz CT molecular complexity index is 630. The first kappa shape index (κ1) is 17.4. The van der Waals surface area contributed by atoms with Gasteiger partial charge < -0.3 is 10.1 Å². The lowest BCUT2D eigenvalue weighted by Gasteiger charge is -2.06. The van der Waals surface area contributed by atoms with Crippen molar-refractivity contribution >= 4 is 40.7 Å². The maximum atomic E-state index is 11.8. The Hall–Kier alpha value is -1.93. The van der Waals surface area contributed by atoms with Gasteiger partial charge in [-0.2, -0.15) is 0 Å². The standard InChI is InChI=1S/C15H17N3O3S2/c1-2-3-8-21-14(20)11-4-6-12(7-5-11)17-13(19)9-22-15-18-16-10-23-15/h4-7,10H,2-3,8-9H2,1H3,(H,17,19). The normalized spacial score (nSPS) is 10.3. The highest BCUT2D eigenvalue weighted by atomic mass is 32.2. The molecule has 6 nitrogen and oxygen atoms in total. The van der Waals surface area contributed by atoms with Crippen LogP contribution in [0.2, 0.25) is 0 Å². The molecule has 0 spiro atoms. The zero-order valence-electron chi connectivity index (χ0n) is 12.7. The summed E-state index contributed by atoms with van der Waals surface area (Å²) in [6, 6.07) is 6.65. The van der Waals surface area contributed by atoms with Gasteiger partial charge in [-0.1, -0.05) is 36.4 Å². The van der Waals surface area contributed by atoms with E-state index in [2.05, 4.69) is 15.5 Å². The van der Waals surface area contributed by atoms with Crippen molar-refractivity contribution in [3.63, 3.8) is 0 Å². The summed E-state index contributed by atoms with van der Waals surface area (Å²) in [5, 5.41) is 10.3. The molecule has 0 bridgehead atoms. The molecular weight excluding hydrogens is 334 g/mol. The summed E-state index contributed by atoms with van der Waals surface area (Å²) in [6.07, 6.45) is 1.83. The van der Waals surface area contributed by atoms with Crippen molar-refractivity contribution in [3.05, 3.63) is 35.3 Å². The first-order valence-corrected chi connectivity index (χ1v) is 9.01. The van der Waals surface area contributed by atoms with Crippen LogP contribution in [0.15, 0.2) is 34.1 Å². The molecular formula is C15H17N3O3S2. The number of esters is 1. The van der Waals surface area contributed by atoms with Gasteiger partial charge in [0.1, 0.15) is 5.51 Å². The highest BCUT2D eigenvalue weighted by Gasteiger charge is 2.08. The van der Waals surface area contributed by atoms with Gasteiger partial charge in [0.2, 0.25) is 5.91 Å². The van der Waals surface area contributed by atoms with E-state index in [4.69, 9.17) is 4.74 Å². The first-order chi connectivity index (χ1) is 11.2. The van der Waals surface area contributed by atoms with Gasteiger partial charge in [0.05, 0.1) is 17.9 Å². The molecule has 1 aromatic carbocycles. The maximum absolute atomic E-state index is 11.8. The number of hydrogen-bond acceptors (Lipinski definition) is 7. The van der Waals surface area contributed by atoms with Crippen LogP contribution < -0.4 is 5.32 Å². The van der Waals surface area contributed by atoms with Crippen molar-refractivity contribution < 1.29 is 14.3 Å². The third-order valence-electron chi connectivity index (χ3n) is 2.80. The Labute approximate surface area is 142 Å². The van der Waals surface area contributed by atoms with E-state index in [0.717, 1.165) is 17.2 Å². The number of anilines is 1. The lowest BCUT2D eigenvalue weighted by Crippen LogP contribution is -2.14. The lowest BCUT2D eigenvalue weighted by molar-refractivity contribution is -0.113. The summed E-state index contributed by atoms with van der Waals surface area (Å²) in [6.45, 7) is 2.46. The summed E-state index contributed by atoms with van der Waals surface area (Å²) in [4.78, 5) is 23.6. The summed E-state index contributed by atoms with van der Waals surface area (Å²) in [5.74, 6) is -0.220. The number of unbranched alkanes of at least 4 members (excludes halogenated alkanes) is 1. The minimum absolute atomic E-state index is 0.136. The lowest BCUT2D eigenvalue weighted by atomic mass is 10.2. The van der Waals surface area contributed by atoms with Crippen LogP contribution in [0.5, 0.6) is 0 Å². The smallest absolute Gasteiger partial charge is 0.338 e. The van der Waals surface area contributed by atoms with Crippen LogP contribution in [0.4, 0.5) is 5.69 Å². The Balaban J connectivity index is 1.79. The molecule has 0 saturated carbocycles. The summed E-state index contributed by atoms with van der Waals surface area (Å²) in [5.41, 5.74) is 2.73. The number of amides is 1. The molecule has 0 unspecified atom stereocenters. The minimum atomic E-state index is -0.344. The van der Waals surface area contributed by atoms with Crippen molar-refractivity contribution in [1.82, 2.24) is 10.2 Å². The van der Waals surface area contributed by atoms with Gasteiger partial charge in [0.15, 0.2) is 4.34 Å². The molecule has 1 amide bonds. The first-order valence-electron chi connectivity index (χ1n) is 7.15. The monoisotopic (exact) mass is 351 g/mol. The molecule has 1 heterocycles. The Morgan fingerprint density at radius 1 is 1.30 bits per heavy atom. The van der Waals surface area contributed by atoms with E-state index >= 15 is 0 Å². The molecule has 1 aromatic heterocycles. The zero-order valence-corrected chi connectivity index (χ0v) is 14.3. The second-order valence-corrected chi connectivity index (χ2v) is 6.66. The molecule has 0 aliphatic carbocycles. The van der Waals surface area contributed by atoms with Crippen molar-refractivity contribution in [2.75, 3.05) is 17.7 Å². The number of aromatic nitrogens is 2. The molecule has 0 saturated heterocycles. The number of carbonyl (C=O) groups is 2. The fourth-order valence-electron chi connectivity index (χ4n) is 1.63. The van der Waals surface area contributed by atoms with Crippen LogP contribution >= 0.6 is 23.1 Å². The van der Waals surface area contributed by atoms with Gasteiger partial charge in [-0.05, 0) is 30.7 Å². The Kier molecular flexibility index (Phi) is 7.02. The minimum Gasteiger partial charge on any atom is -0.462 e. The predicted octanol–water partition coefficient (Wildman–Crippen LogP) is 3.23. The number of nitrogens with zero attached hydrogens (tertiary/aromatic N) is 2. The van der Waals surface area contributed by atoms with Crippen LogP contribution in [0, 0.1) is 0 Å². The van der Waals surface area contributed by atoms with E-state index in [1.54, 1.807) is 29.8 Å². The van der Waals surface area contributed by atoms with E-state index in [9.17, 15) is 9.59 Å². The molecule has 0 atom stereocenters. The third kappa shape index (κ3) is 5.99. The van der Waals surface area contributed by atoms with Crippen LogP contribution in [-0.4, -0.2) is 34.4 Å². The number of carbonyl (C=O) groups excluding carboxylic acids is 2. The van der Waals surface area contributed by atoms with Crippen LogP contribution in [0.3, 0.4) is 0 Å². The molecule has 0 aliphatic heterocycles. The van der Waals surface area contributed by atoms with Crippen LogP contribution in [0.25, 0.3) is 0 Å². The van der Waals surface area contributed by atoms with E-state index in [-0.39, 0.29) is 17.6 Å². The van der Waals surface area contributed by atoms with Crippen molar-refractivity contribution in [2.45, 2.75) is 24.1 Å². The quantitative estimate of drug-likeness (QED) is 0.447. The molecule has 122 valence electrons. The SMILES string of the molecule is CCCCOC(=O)c1ccc(NC(=O)CSc2nncs2)cc1. The summed E-state index contributed by atoms with van der Waals surface area (Å²) >= 11 is 2.73. The number of ether oxygens (including phenoxy) is 1. The van der Waals surface area contributed by atoms with Gasteiger partial charge in [-0.3, -0.25) is 4.79 Å². The summed E-state index contributed by atoms with van der Waals surface area (Å²) in [7, 11) is 0. The Morgan fingerprint density at radius 2 is 2.09 bits per heavy atom. The van der Waals surface area contributed by atoms with E-state index in [1.165, 1.54) is 23.1 Å². The molecule has 8 heteroatoms. The average molecular weight is 351 g/mol. The maximum Gasteiger partial charge on any atom is 0.338 e. The van der Waals surface area contributed by atoms with Gasteiger partial charge in [-0.15, -0.1) is 10.2 Å². The average Bonchev–Trinajstić information content (AvgIpc) is 3.07. The Morgan fingerprint density at radius 3 is 2.74 bits per heavy atom. The fraction of sp³-hybridized carbons (Fsp3) is 0.333. The zero-order chi connectivity index (χ0) is 16.5. The van der Waals surface area contributed by atoms with Crippen molar-refractivity contribution in [3.8, 4) is 0 Å². The number of benzene rings is 1. The largest absolute Gasteiger partial charge is 0.462 e. The molecule has 2 aromatic rings. The van der Waals surface area contributed by atoms with Crippen molar-refractivity contribution in [1.29, 1.82) is 0 Å². The van der Waals surface area contributed by atoms with Gasteiger partial charge >= 0.3 is 5.97 Å². The second kappa shape index (κ2) is 9.26.